The molecule has 0 saturated heterocycles. The molecule has 0 aliphatic heterocycles. The van der Waals surface area contributed by atoms with Gasteiger partial charge in [-0.25, -0.2) is 0 Å². The van der Waals surface area contributed by atoms with Gasteiger partial charge in [-0.1, -0.05) is 50.1 Å². The molecule has 2 N–H and O–H groups in total. The lowest BCUT2D eigenvalue weighted by atomic mass is 9.73. The maximum atomic E-state index is 13.9. The minimum Gasteiger partial charge on any atom is -0.466 e. The van der Waals surface area contributed by atoms with Gasteiger partial charge < -0.3 is 20.1 Å². The highest BCUT2D eigenvalue weighted by molar-refractivity contribution is 5.84. The van der Waals surface area contributed by atoms with E-state index in [2.05, 4.69) is 29.7 Å². The van der Waals surface area contributed by atoms with Crippen molar-refractivity contribution in [3.63, 3.8) is 0 Å². The summed E-state index contributed by atoms with van der Waals surface area (Å²) in [6.07, 6.45) is 7.79. The molecule has 1 aromatic rings. The predicted octanol–water partition coefficient (Wildman–Crippen LogP) is 5.70. The molecule has 39 heavy (non-hydrogen) atoms. The van der Waals surface area contributed by atoms with Gasteiger partial charge in [0.05, 0.1) is 23.9 Å². The number of ether oxygens (including phenoxy) is 2. The van der Waals surface area contributed by atoms with Gasteiger partial charge in [-0.3, -0.25) is 14.4 Å². The molecule has 0 heterocycles. The second-order valence-electron chi connectivity index (χ2n) is 12.5. The van der Waals surface area contributed by atoms with Crippen molar-refractivity contribution >= 4 is 17.8 Å². The summed E-state index contributed by atoms with van der Waals surface area (Å²) in [7, 11) is 0. The molecule has 2 unspecified atom stereocenters. The summed E-state index contributed by atoms with van der Waals surface area (Å²) in [5.74, 6) is -0.796. The second kappa shape index (κ2) is 14.3. The van der Waals surface area contributed by atoms with Gasteiger partial charge in [0.15, 0.2) is 0 Å². The lowest BCUT2D eigenvalue weighted by molar-refractivity contribution is -0.163. The summed E-state index contributed by atoms with van der Waals surface area (Å²) in [6.45, 7) is 10.7. The minimum atomic E-state index is -0.601. The average Bonchev–Trinajstić information content (AvgIpc) is 3.38. The van der Waals surface area contributed by atoms with Crippen LogP contribution in [0.4, 0.5) is 0 Å². The Hall–Kier alpha value is -2.41. The molecule has 218 valence electrons. The van der Waals surface area contributed by atoms with Crippen LogP contribution >= 0.6 is 0 Å². The molecular formula is C32H50N2O5. The third-order valence-electron chi connectivity index (χ3n) is 8.38. The van der Waals surface area contributed by atoms with E-state index >= 15 is 0 Å². The van der Waals surface area contributed by atoms with Crippen LogP contribution in [0.5, 0.6) is 0 Å². The summed E-state index contributed by atoms with van der Waals surface area (Å²) in [5, 5.41) is 6.95. The zero-order chi connectivity index (χ0) is 28.5. The summed E-state index contributed by atoms with van der Waals surface area (Å²) < 4.78 is 11.1. The first-order valence-electron chi connectivity index (χ1n) is 15.0. The fourth-order valence-electron chi connectivity index (χ4n) is 6.25. The van der Waals surface area contributed by atoms with E-state index in [9.17, 15) is 14.4 Å². The van der Waals surface area contributed by atoms with Crippen LogP contribution < -0.4 is 10.6 Å². The molecule has 1 amide bonds. The lowest BCUT2D eigenvalue weighted by Crippen LogP contribution is -2.50. The predicted molar refractivity (Wildman–Crippen MR) is 153 cm³/mol. The molecular weight excluding hydrogens is 492 g/mol. The topological polar surface area (TPSA) is 93.7 Å². The van der Waals surface area contributed by atoms with Gasteiger partial charge in [0, 0.05) is 18.6 Å². The third-order valence-corrected chi connectivity index (χ3v) is 8.38. The largest absolute Gasteiger partial charge is 0.466 e. The van der Waals surface area contributed by atoms with Crippen LogP contribution in [0.1, 0.15) is 104 Å². The number of amides is 1. The summed E-state index contributed by atoms with van der Waals surface area (Å²) in [6, 6.07) is 10.1. The fraction of sp³-hybridized carbons (Fsp3) is 0.719. The van der Waals surface area contributed by atoms with Crippen molar-refractivity contribution < 1.29 is 23.9 Å². The van der Waals surface area contributed by atoms with Crippen molar-refractivity contribution in [1.29, 1.82) is 0 Å². The van der Waals surface area contributed by atoms with Crippen molar-refractivity contribution in [2.75, 3.05) is 6.61 Å². The zero-order valence-electron chi connectivity index (χ0n) is 24.7. The van der Waals surface area contributed by atoms with Gasteiger partial charge >= 0.3 is 11.9 Å². The smallest absolute Gasteiger partial charge is 0.311 e. The summed E-state index contributed by atoms with van der Waals surface area (Å²) >= 11 is 0. The van der Waals surface area contributed by atoms with Crippen LogP contribution in [0.2, 0.25) is 0 Å². The SMILES string of the molecule is CCOC(=O)[C@H]1CC[C@@H](NC(=O)C2(CC(C(=O)OC(C)(C)C)C(CC)NCc3ccccc3)CCCC2)CC1. The van der Waals surface area contributed by atoms with E-state index in [1.807, 2.05) is 45.9 Å². The first kappa shape index (κ1) is 31.1. The number of hydrogen-bond donors (Lipinski definition) is 2. The molecule has 0 bridgehead atoms. The Balaban J connectivity index is 1.73. The normalized spacial score (nSPS) is 22.5. The number of esters is 2. The van der Waals surface area contributed by atoms with E-state index in [0.29, 0.717) is 19.6 Å². The van der Waals surface area contributed by atoms with Gasteiger partial charge in [-0.2, -0.15) is 0 Å². The van der Waals surface area contributed by atoms with E-state index < -0.39 is 16.9 Å². The van der Waals surface area contributed by atoms with Crippen molar-refractivity contribution in [1.82, 2.24) is 10.6 Å². The fourth-order valence-corrected chi connectivity index (χ4v) is 6.25. The number of nitrogens with one attached hydrogen (secondary N) is 2. The molecule has 7 heteroatoms. The monoisotopic (exact) mass is 542 g/mol. The van der Waals surface area contributed by atoms with Crippen LogP contribution in [0.3, 0.4) is 0 Å². The molecule has 0 radical (unpaired) electrons. The Bertz CT molecular complexity index is 928. The maximum Gasteiger partial charge on any atom is 0.311 e. The zero-order valence-corrected chi connectivity index (χ0v) is 24.7. The summed E-state index contributed by atoms with van der Waals surface area (Å²) in [4.78, 5) is 39.7. The van der Waals surface area contributed by atoms with Crippen molar-refractivity contribution in [2.24, 2.45) is 17.3 Å². The quantitative estimate of drug-likeness (QED) is 0.329. The number of rotatable bonds is 12. The Morgan fingerprint density at radius 3 is 2.21 bits per heavy atom. The molecule has 2 atom stereocenters. The second-order valence-corrected chi connectivity index (χ2v) is 12.5. The number of carbonyl (C=O) groups is 3. The Kier molecular flexibility index (Phi) is 11.4. The van der Waals surface area contributed by atoms with Crippen LogP contribution in [0.15, 0.2) is 30.3 Å². The highest BCUT2D eigenvalue weighted by atomic mass is 16.6. The minimum absolute atomic E-state index is 0.0544. The van der Waals surface area contributed by atoms with Gasteiger partial charge in [0.2, 0.25) is 5.91 Å². The average molecular weight is 543 g/mol. The molecule has 2 saturated carbocycles. The summed E-state index contributed by atoms with van der Waals surface area (Å²) in [5.41, 5.74) is -0.0254. The van der Waals surface area contributed by atoms with Gasteiger partial charge in [-0.15, -0.1) is 0 Å². The molecule has 2 fully saturated rings. The number of benzene rings is 1. The van der Waals surface area contributed by atoms with Crippen LogP contribution in [0.25, 0.3) is 0 Å². The molecule has 3 rings (SSSR count). The first-order chi connectivity index (χ1) is 18.6. The van der Waals surface area contributed by atoms with Crippen LogP contribution in [0, 0.1) is 17.3 Å². The van der Waals surface area contributed by atoms with E-state index in [1.54, 1.807) is 0 Å². The van der Waals surface area contributed by atoms with E-state index in [1.165, 1.54) is 0 Å². The van der Waals surface area contributed by atoms with E-state index in [4.69, 9.17) is 9.47 Å². The van der Waals surface area contributed by atoms with E-state index in [0.717, 1.165) is 63.4 Å². The van der Waals surface area contributed by atoms with Crippen LogP contribution in [-0.4, -0.2) is 42.1 Å². The number of hydrogen-bond acceptors (Lipinski definition) is 6. The third kappa shape index (κ3) is 9.06. The molecule has 1 aromatic carbocycles. The van der Waals surface area contributed by atoms with Gasteiger partial charge in [0.1, 0.15) is 5.60 Å². The molecule has 0 aromatic heterocycles. The Morgan fingerprint density at radius 1 is 1.00 bits per heavy atom. The molecule has 2 aliphatic rings. The lowest BCUT2D eigenvalue weighted by Gasteiger charge is -2.37. The maximum absolute atomic E-state index is 13.9. The van der Waals surface area contributed by atoms with Crippen molar-refractivity contribution in [2.45, 2.75) is 123 Å². The molecule has 7 nitrogen and oxygen atoms in total. The van der Waals surface area contributed by atoms with Gasteiger partial charge in [0.25, 0.3) is 0 Å². The Labute approximate surface area is 235 Å². The van der Waals surface area contributed by atoms with Crippen molar-refractivity contribution in [3.05, 3.63) is 35.9 Å². The molecule has 0 spiro atoms. The van der Waals surface area contributed by atoms with Crippen LogP contribution in [-0.2, 0) is 30.4 Å². The highest BCUT2D eigenvalue weighted by Gasteiger charge is 2.47. The molecule has 2 aliphatic carbocycles. The number of carbonyl (C=O) groups excluding carboxylic acids is 3. The first-order valence-corrected chi connectivity index (χ1v) is 15.0. The highest BCUT2D eigenvalue weighted by Crippen LogP contribution is 2.45. The standard InChI is InChI=1S/C32H50N2O5/c1-6-27(33-22-23-13-9-8-10-14-23)26(29(36)39-31(3,4)5)21-32(19-11-12-20-32)30(37)34-25-17-15-24(16-18-25)28(35)38-7-2/h8-10,13-14,24-27,33H,6-7,11-12,15-22H2,1-5H3,(H,34,37)/t24-,25+,26?,27?. The van der Waals surface area contributed by atoms with Crippen molar-refractivity contribution in [3.8, 4) is 0 Å². The van der Waals surface area contributed by atoms with E-state index in [-0.39, 0.29) is 35.8 Å². The van der Waals surface area contributed by atoms with Gasteiger partial charge in [-0.05, 0) is 84.6 Å². The Morgan fingerprint density at radius 2 is 1.64 bits per heavy atom.